The van der Waals surface area contributed by atoms with Gasteiger partial charge in [0.1, 0.15) is 0 Å². The molecule has 0 aliphatic heterocycles. The predicted molar refractivity (Wildman–Crippen MR) is 56.7 cm³/mol. The van der Waals surface area contributed by atoms with Crippen molar-refractivity contribution in [3.8, 4) is 0 Å². The first-order valence-electron chi connectivity index (χ1n) is 5.09. The number of ether oxygens (including phenoxy) is 1. The second-order valence-corrected chi connectivity index (χ2v) is 3.92. The van der Waals surface area contributed by atoms with Gasteiger partial charge in [0.2, 0.25) is 0 Å². The first-order valence-corrected chi connectivity index (χ1v) is 5.09. The highest BCUT2D eigenvalue weighted by Crippen LogP contribution is 2.33. The van der Waals surface area contributed by atoms with Crippen LogP contribution in [0.15, 0.2) is 24.3 Å². The average Bonchev–Trinajstić information content (AvgIpc) is 2.08. The Labute approximate surface area is 81.5 Å². The summed E-state index contributed by atoms with van der Waals surface area (Å²) in [6, 6.07) is 0. The maximum absolute atomic E-state index is 5.63. The maximum atomic E-state index is 5.63. The van der Waals surface area contributed by atoms with Gasteiger partial charge in [-0.25, -0.2) is 0 Å². The SMILES string of the molecule is C=C(C)[C@@H]1CCC(=C)[C@@H](OCC)C1. The van der Waals surface area contributed by atoms with Gasteiger partial charge in [-0.2, -0.15) is 0 Å². The topological polar surface area (TPSA) is 9.23 Å². The van der Waals surface area contributed by atoms with Crippen LogP contribution < -0.4 is 0 Å². The van der Waals surface area contributed by atoms with E-state index in [1.54, 1.807) is 0 Å². The van der Waals surface area contributed by atoms with Gasteiger partial charge in [-0.05, 0) is 44.6 Å². The van der Waals surface area contributed by atoms with E-state index in [1.807, 2.05) is 6.92 Å². The van der Waals surface area contributed by atoms with E-state index >= 15 is 0 Å². The fourth-order valence-corrected chi connectivity index (χ4v) is 1.90. The van der Waals surface area contributed by atoms with Crippen LogP contribution in [0, 0.1) is 5.92 Å². The van der Waals surface area contributed by atoms with Crippen molar-refractivity contribution in [2.24, 2.45) is 5.92 Å². The molecule has 0 aromatic rings. The van der Waals surface area contributed by atoms with Crippen molar-refractivity contribution in [1.82, 2.24) is 0 Å². The molecule has 0 amide bonds. The van der Waals surface area contributed by atoms with E-state index in [9.17, 15) is 0 Å². The molecule has 1 aliphatic carbocycles. The lowest BCUT2D eigenvalue weighted by molar-refractivity contribution is 0.0601. The second-order valence-electron chi connectivity index (χ2n) is 3.92. The minimum absolute atomic E-state index is 0.278. The highest BCUT2D eigenvalue weighted by Gasteiger charge is 2.25. The molecule has 1 rings (SSSR count). The lowest BCUT2D eigenvalue weighted by Crippen LogP contribution is -2.25. The fraction of sp³-hybridized carbons (Fsp3) is 0.667. The molecule has 1 fully saturated rings. The number of rotatable bonds is 3. The number of hydrogen-bond acceptors (Lipinski definition) is 1. The molecule has 0 aromatic heterocycles. The van der Waals surface area contributed by atoms with Crippen LogP contribution in [0.4, 0.5) is 0 Å². The summed E-state index contributed by atoms with van der Waals surface area (Å²) in [6.07, 6.45) is 3.67. The maximum Gasteiger partial charge on any atom is 0.0787 e. The van der Waals surface area contributed by atoms with Crippen molar-refractivity contribution in [2.45, 2.75) is 39.2 Å². The van der Waals surface area contributed by atoms with E-state index in [0.717, 1.165) is 19.4 Å². The van der Waals surface area contributed by atoms with E-state index in [0.29, 0.717) is 5.92 Å². The third kappa shape index (κ3) is 2.70. The largest absolute Gasteiger partial charge is 0.374 e. The zero-order valence-corrected chi connectivity index (χ0v) is 8.81. The molecule has 0 aromatic carbocycles. The molecule has 0 saturated heterocycles. The molecule has 1 aliphatic rings. The molecule has 0 spiro atoms. The minimum Gasteiger partial charge on any atom is -0.374 e. The average molecular weight is 180 g/mol. The highest BCUT2D eigenvalue weighted by molar-refractivity contribution is 5.11. The third-order valence-electron chi connectivity index (χ3n) is 2.83. The summed E-state index contributed by atoms with van der Waals surface area (Å²) in [6.45, 7) is 13.0. The van der Waals surface area contributed by atoms with E-state index in [-0.39, 0.29) is 6.10 Å². The first-order chi connectivity index (χ1) is 6.15. The van der Waals surface area contributed by atoms with E-state index < -0.39 is 0 Å². The monoisotopic (exact) mass is 180 g/mol. The van der Waals surface area contributed by atoms with Crippen molar-refractivity contribution >= 4 is 0 Å². The fourth-order valence-electron chi connectivity index (χ4n) is 1.90. The van der Waals surface area contributed by atoms with Gasteiger partial charge in [-0.3, -0.25) is 0 Å². The molecule has 0 radical (unpaired) electrons. The Balaban J connectivity index is 2.52. The summed E-state index contributed by atoms with van der Waals surface area (Å²) in [7, 11) is 0. The van der Waals surface area contributed by atoms with Crippen LogP contribution in [-0.2, 0) is 4.74 Å². The zero-order valence-electron chi connectivity index (χ0n) is 8.81. The van der Waals surface area contributed by atoms with Gasteiger partial charge < -0.3 is 4.74 Å². The summed E-state index contributed by atoms with van der Waals surface area (Å²) in [5.74, 6) is 0.641. The van der Waals surface area contributed by atoms with Gasteiger partial charge in [0, 0.05) is 6.61 Å². The molecule has 74 valence electrons. The predicted octanol–water partition coefficient (Wildman–Crippen LogP) is 3.32. The molecular weight excluding hydrogens is 160 g/mol. The molecule has 0 N–H and O–H groups in total. The summed E-state index contributed by atoms with van der Waals surface area (Å²) >= 11 is 0. The van der Waals surface area contributed by atoms with Crippen molar-refractivity contribution in [3.05, 3.63) is 24.3 Å². The Bertz CT molecular complexity index is 205. The molecule has 1 heteroatoms. The van der Waals surface area contributed by atoms with E-state index in [2.05, 4.69) is 20.1 Å². The van der Waals surface area contributed by atoms with Gasteiger partial charge in [-0.1, -0.05) is 18.7 Å². The Morgan fingerprint density at radius 3 is 2.85 bits per heavy atom. The quantitative estimate of drug-likeness (QED) is 0.605. The van der Waals surface area contributed by atoms with Crippen LogP contribution >= 0.6 is 0 Å². The van der Waals surface area contributed by atoms with Gasteiger partial charge in [0.15, 0.2) is 0 Å². The smallest absolute Gasteiger partial charge is 0.0787 e. The van der Waals surface area contributed by atoms with E-state index in [1.165, 1.54) is 17.6 Å². The van der Waals surface area contributed by atoms with Crippen molar-refractivity contribution in [2.75, 3.05) is 6.61 Å². The molecule has 2 atom stereocenters. The number of hydrogen-bond donors (Lipinski definition) is 0. The molecule has 1 saturated carbocycles. The van der Waals surface area contributed by atoms with Crippen LogP contribution in [-0.4, -0.2) is 12.7 Å². The van der Waals surface area contributed by atoms with Crippen LogP contribution in [0.1, 0.15) is 33.1 Å². The highest BCUT2D eigenvalue weighted by atomic mass is 16.5. The molecular formula is C12H20O. The van der Waals surface area contributed by atoms with Gasteiger partial charge >= 0.3 is 0 Å². The van der Waals surface area contributed by atoms with Gasteiger partial charge in [0.25, 0.3) is 0 Å². The van der Waals surface area contributed by atoms with Crippen molar-refractivity contribution in [1.29, 1.82) is 0 Å². The Hall–Kier alpha value is -0.560. The van der Waals surface area contributed by atoms with Crippen molar-refractivity contribution in [3.63, 3.8) is 0 Å². The van der Waals surface area contributed by atoms with Crippen LogP contribution in [0.5, 0.6) is 0 Å². The summed E-state index contributed by atoms with van der Waals surface area (Å²) in [4.78, 5) is 0. The Kier molecular flexibility index (Phi) is 3.73. The Morgan fingerprint density at radius 1 is 1.62 bits per heavy atom. The molecule has 0 bridgehead atoms. The molecule has 13 heavy (non-hydrogen) atoms. The van der Waals surface area contributed by atoms with Crippen molar-refractivity contribution < 1.29 is 4.74 Å². The third-order valence-corrected chi connectivity index (χ3v) is 2.83. The molecule has 0 heterocycles. The van der Waals surface area contributed by atoms with E-state index in [4.69, 9.17) is 4.74 Å². The molecule has 1 nitrogen and oxygen atoms in total. The standard InChI is InChI=1S/C12H20O/c1-5-13-12-8-11(9(2)3)7-6-10(12)4/h11-12H,2,4-8H2,1,3H3/t11-,12+/m1/s1. The van der Waals surface area contributed by atoms with Crippen LogP contribution in [0.3, 0.4) is 0 Å². The molecule has 0 unspecified atom stereocenters. The summed E-state index contributed by atoms with van der Waals surface area (Å²) in [5, 5.41) is 0. The normalized spacial score (nSPS) is 28.9. The second kappa shape index (κ2) is 4.61. The lowest BCUT2D eigenvalue weighted by atomic mass is 9.81. The minimum atomic E-state index is 0.278. The number of allylic oxidation sites excluding steroid dienone is 1. The first kappa shape index (κ1) is 10.5. The Morgan fingerprint density at radius 2 is 2.31 bits per heavy atom. The van der Waals surface area contributed by atoms with Gasteiger partial charge in [-0.15, -0.1) is 0 Å². The van der Waals surface area contributed by atoms with Gasteiger partial charge in [0.05, 0.1) is 6.10 Å². The van der Waals surface area contributed by atoms with Crippen LogP contribution in [0.25, 0.3) is 0 Å². The summed E-state index contributed by atoms with van der Waals surface area (Å²) in [5.41, 5.74) is 2.55. The van der Waals surface area contributed by atoms with Crippen LogP contribution in [0.2, 0.25) is 0 Å². The zero-order chi connectivity index (χ0) is 9.84. The summed E-state index contributed by atoms with van der Waals surface area (Å²) < 4.78 is 5.63. The lowest BCUT2D eigenvalue weighted by Gasteiger charge is -2.31.